The van der Waals surface area contributed by atoms with Gasteiger partial charge in [0.2, 0.25) is 10.0 Å². The average Bonchev–Trinajstić information content (AvgIpc) is 3.03. The lowest BCUT2D eigenvalue weighted by atomic mass is 10.1. The van der Waals surface area contributed by atoms with Gasteiger partial charge in [-0.1, -0.05) is 5.16 Å². The van der Waals surface area contributed by atoms with Crippen molar-refractivity contribution in [2.75, 3.05) is 26.7 Å². The van der Waals surface area contributed by atoms with E-state index in [9.17, 15) is 12.8 Å². The summed E-state index contributed by atoms with van der Waals surface area (Å²) in [6.07, 6.45) is 0. The molecule has 0 saturated carbocycles. The smallest absolute Gasteiger partial charge is 0.258 e. The summed E-state index contributed by atoms with van der Waals surface area (Å²) in [7, 11) is -2.06. The molecule has 8 nitrogen and oxygen atoms in total. The number of hydrogen-bond donors (Lipinski definition) is 2. The van der Waals surface area contributed by atoms with E-state index in [1.165, 1.54) is 12.1 Å². The molecule has 27 heavy (non-hydrogen) atoms. The van der Waals surface area contributed by atoms with Crippen molar-refractivity contribution in [3.8, 4) is 11.5 Å². The quantitative estimate of drug-likeness (QED) is 0.807. The van der Waals surface area contributed by atoms with Gasteiger partial charge < -0.3 is 9.84 Å². The zero-order valence-electron chi connectivity index (χ0n) is 15.8. The highest BCUT2D eigenvalue weighted by molar-refractivity contribution is 7.89. The second kappa shape index (κ2) is 7.27. The minimum absolute atomic E-state index is 0.0394. The van der Waals surface area contributed by atoms with Crippen molar-refractivity contribution in [3.63, 3.8) is 0 Å². The normalized spacial score (nSPS) is 19.4. The molecule has 1 aliphatic heterocycles. The first-order valence-electron chi connectivity index (χ1n) is 8.65. The summed E-state index contributed by atoms with van der Waals surface area (Å²) in [4.78, 5) is 6.04. The van der Waals surface area contributed by atoms with E-state index in [-0.39, 0.29) is 11.9 Å². The van der Waals surface area contributed by atoms with Crippen molar-refractivity contribution in [3.05, 3.63) is 29.8 Å². The molecule has 2 N–H and O–H groups in total. The molecule has 148 valence electrons. The van der Waals surface area contributed by atoms with Gasteiger partial charge in [-0.3, -0.25) is 4.90 Å². The molecule has 1 aromatic carbocycles. The fourth-order valence-electron chi connectivity index (χ4n) is 2.88. The average molecular weight is 397 g/mol. The summed E-state index contributed by atoms with van der Waals surface area (Å²) < 4.78 is 47.0. The number of sulfonamides is 1. The highest BCUT2D eigenvalue weighted by Gasteiger charge is 2.28. The maximum Gasteiger partial charge on any atom is 0.258 e. The highest BCUT2D eigenvalue weighted by atomic mass is 32.2. The molecule has 2 heterocycles. The lowest BCUT2D eigenvalue weighted by Crippen LogP contribution is -2.44. The van der Waals surface area contributed by atoms with Gasteiger partial charge in [0.15, 0.2) is 5.82 Å². The summed E-state index contributed by atoms with van der Waals surface area (Å²) in [5, 5.41) is 7.28. The number of nitrogens with zero attached hydrogens (tertiary/aromatic N) is 3. The van der Waals surface area contributed by atoms with Crippen molar-refractivity contribution < 1.29 is 17.3 Å². The summed E-state index contributed by atoms with van der Waals surface area (Å²) in [5.41, 5.74) is -0.395. The van der Waals surface area contributed by atoms with Crippen LogP contribution in [0.4, 0.5) is 4.39 Å². The van der Waals surface area contributed by atoms with Crippen LogP contribution < -0.4 is 10.0 Å². The van der Waals surface area contributed by atoms with Crippen LogP contribution in [0.3, 0.4) is 0 Å². The topological polar surface area (TPSA) is 100 Å². The molecule has 0 aliphatic carbocycles. The molecule has 2 aromatic rings. The number of hydrogen-bond acceptors (Lipinski definition) is 7. The predicted octanol–water partition coefficient (Wildman–Crippen LogP) is 1.53. The molecule has 3 rings (SSSR count). The van der Waals surface area contributed by atoms with Crippen LogP contribution in [-0.2, 0) is 10.0 Å². The molecule has 1 saturated heterocycles. The van der Waals surface area contributed by atoms with Gasteiger partial charge in [-0.15, -0.1) is 0 Å². The largest absolute Gasteiger partial charge is 0.334 e. The zero-order chi connectivity index (χ0) is 19.8. The third-order valence-corrected chi connectivity index (χ3v) is 5.93. The van der Waals surface area contributed by atoms with Gasteiger partial charge in [-0.25, -0.2) is 17.5 Å². The fraction of sp³-hybridized carbons (Fsp3) is 0.529. The van der Waals surface area contributed by atoms with E-state index in [2.05, 4.69) is 25.1 Å². The zero-order valence-corrected chi connectivity index (χ0v) is 16.6. The van der Waals surface area contributed by atoms with E-state index in [1.807, 2.05) is 7.05 Å². The Morgan fingerprint density at radius 2 is 2.11 bits per heavy atom. The van der Waals surface area contributed by atoms with Gasteiger partial charge in [0.1, 0.15) is 10.7 Å². The van der Waals surface area contributed by atoms with Crippen molar-refractivity contribution in [2.24, 2.45) is 0 Å². The Bertz CT molecular complexity index is 923. The van der Waals surface area contributed by atoms with Gasteiger partial charge >= 0.3 is 0 Å². The van der Waals surface area contributed by atoms with E-state index in [0.717, 1.165) is 19.2 Å². The number of halogens is 1. The van der Waals surface area contributed by atoms with Crippen molar-refractivity contribution in [1.82, 2.24) is 25.1 Å². The minimum atomic E-state index is -4.03. The van der Waals surface area contributed by atoms with E-state index in [0.29, 0.717) is 17.9 Å². The summed E-state index contributed by atoms with van der Waals surface area (Å²) in [6.45, 7) is 7.49. The molecular weight excluding hydrogens is 373 g/mol. The number of benzene rings is 1. The lowest BCUT2D eigenvalue weighted by Gasteiger charge is -2.30. The number of nitrogens with one attached hydrogen (secondary N) is 2. The Hall–Kier alpha value is -1.88. The first-order valence-corrected chi connectivity index (χ1v) is 10.1. The number of rotatable bonds is 4. The SMILES string of the molecule is CN1CCNCC1c1noc(-c2ccc(F)c(S(=O)(=O)NC(C)(C)C)c2)n1. The van der Waals surface area contributed by atoms with E-state index >= 15 is 0 Å². The molecular formula is C17H24FN5O3S. The van der Waals surface area contributed by atoms with Crippen LogP contribution in [0.1, 0.15) is 32.6 Å². The maximum absolute atomic E-state index is 14.2. The van der Waals surface area contributed by atoms with Gasteiger partial charge in [-0.05, 0) is 46.0 Å². The van der Waals surface area contributed by atoms with Crippen molar-refractivity contribution in [2.45, 2.75) is 37.2 Å². The third kappa shape index (κ3) is 4.52. The second-order valence-corrected chi connectivity index (χ2v) is 9.31. The number of likely N-dealkylation sites (N-methyl/N-ethyl adjacent to an activating group) is 1. The lowest BCUT2D eigenvalue weighted by molar-refractivity contribution is 0.190. The fourth-order valence-corrected chi connectivity index (χ4v) is 4.41. The molecule has 0 spiro atoms. The Morgan fingerprint density at radius 3 is 2.78 bits per heavy atom. The van der Waals surface area contributed by atoms with Crippen LogP contribution in [0.5, 0.6) is 0 Å². The van der Waals surface area contributed by atoms with Crippen LogP contribution in [0, 0.1) is 5.82 Å². The van der Waals surface area contributed by atoms with Crippen molar-refractivity contribution >= 4 is 10.0 Å². The summed E-state index contributed by atoms with van der Waals surface area (Å²) in [6, 6.07) is 3.68. The Morgan fingerprint density at radius 1 is 1.37 bits per heavy atom. The Labute approximate surface area is 158 Å². The van der Waals surface area contributed by atoms with Crippen LogP contribution >= 0.6 is 0 Å². The standard InChI is InChI=1S/C17H24FN5O3S/c1-17(2,3)22-27(24,25)14-9-11(5-6-12(14)18)16-20-15(21-26-16)13-10-19-7-8-23(13)4/h5-6,9,13,19,22H,7-8,10H2,1-4H3. The van der Waals surface area contributed by atoms with Crippen LogP contribution in [0.15, 0.2) is 27.6 Å². The Balaban J connectivity index is 1.93. The van der Waals surface area contributed by atoms with E-state index in [4.69, 9.17) is 4.52 Å². The van der Waals surface area contributed by atoms with Gasteiger partial charge in [0.25, 0.3) is 5.89 Å². The van der Waals surface area contributed by atoms with E-state index in [1.54, 1.807) is 20.8 Å². The van der Waals surface area contributed by atoms with Crippen LogP contribution in [0.25, 0.3) is 11.5 Å². The molecule has 1 aliphatic rings. The molecule has 10 heteroatoms. The molecule has 1 atom stereocenters. The molecule has 1 aromatic heterocycles. The third-order valence-electron chi connectivity index (χ3n) is 4.16. The minimum Gasteiger partial charge on any atom is -0.334 e. The van der Waals surface area contributed by atoms with Gasteiger partial charge in [0.05, 0.1) is 6.04 Å². The molecule has 0 bridgehead atoms. The van der Waals surface area contributed by atoms with Gasteiger partial charge in [-0.2, -0.15) is 4.98 Å². The number of aromatic nitrogens is 2. The van der Waals surface area contributed by atoms with Gasteiger partial charge in [0, 0.05) is 30.7 Å². The second-order valence-electron chi connectivity index (χ2n) is 7.66. The van der Waals surface area contributed by atoms with Crippen molar-refractivity contribution in [1.29, 1.82) is 0 Å². The first kappa shape index (κ1) is 19.9. The predicted molar refractivity (Wildman–Crippen MR) is 98.0 cm³/mol. The summed E-state index contributed by atoms with van der Waals surface area (Å²) >= 11 is 0. The van der Waals surface area contributed by atoms with E-state index < -0.39 is 26.3 Å². The molecule has 1 unspecified atom stereocenters. The Kier molecular flexibility index (Phi) is 5.35. The number of piperazine rings is 1. The molecule has 0 radical (unpaired) electrons. The highest BCUT2D eigenvalue weighted by Crippen LogP contribution is 2.26. The monoisotopic (exact) mass is 397 g/mol. The summed E-state index contributed by atoms with van der Waals surface area (Å²) in [5.74, 6) is -0.191. The van der Waals surface area contributed by atoms with Crippen LogP contribution in [0.2, 0.25) is 0 Å². The molecule has 0 amide bonds. The maximum atomic E-state index is 14.2. The first-order chi connectivity index (χ1) is 12.6. The van der Waals surface area contributed by atoms with Crippen LogP contribution in [-0.4, -0.2) is 55.7 Å². The molecule has 1 fully saturated rings.